The minimum atomic E-state index is -1.19. The zero-order valence-electron chi connectivity index (χ0n) is 9.58. The second kappa shape index (κ2) is 3.84. The minimum Gasteiger partial charge on any atom is -0.478 e. The Bertz CT molecular complexity index is 828. The van der Waals surface area contributed by atoms with Crippen molar-refractivity contribution in [3.05, 3.63) is 47.5 Å². The Morgan fingerprint density at radius 2 is 1.68 bits per heavy atom. The number of carboxylic acids is 2. The lowest BCUT2D eigenvalue weighted by molar-refractivity contribution is 0.0696. The molecule has 1 aromatic heterocycles. The highest BCUT2D eigenvalue weighted by Crippen LogP contribution is 2.32. The van der Waals surface area contributed by atoms with Gasteiger partial charge < -0.3 is 14.6 Å². The van der Waals surface area contributed by atoms with Gasteiger partial charge in [-0.25, -0.2) is 9.59 Å². The Kier molecular flexibility index (Phi) is 2.28. The van der Waals surface area contributed by atoms with Crippen molar-refractivity contribution in [2.45, 2.75) is 0 Å². The predicted molar refractivity (Wildman–Crippen MR) is 67.6 cm³/mol. The molecule has 3 aromatic rings. The number of hydrogen-bond acceptors (Lipinski definition) is 3. The molecule has 0 bridgehead atoms. The third kappa shape index (κ3) is 1.63. The van der Waals surface area contributed by atoms with Crippen LogP contribution in [-0.4, -0.2) is 22.2 Å². The van der Waals surface area contributed by atoms with Crippen molar-refractivity contribution in [3.8, 4) is 0 Å². The Balaban J connectivity index is 2.52. The van der Waals surface area contributed by atoms with E-state index in [1.165, 1.54) is 6.07 Å². The molecule has 94 valence electrons. The molecule has 0 amide bonds. The highest BCUT2D eigenvalue weighted by Gasteiger charge is 2.18. The first kappa shape index (κ1) is 11.3. The summed E-state index contributed by atoms with van der Waals surface area (Å²) in [7, 11) is 0. The number of para-hydroxylation sites is 1. The maximum Gasteiger partial charge on any atom is 0.336 e. The molecule has 3 rings (SSSR count). The van der Waals surface area contributed by atoms with Gasteiger partial charge in [-0.2, -0.15) is 0 Å². The molecule has 19 heavy (non-hydrogen) atoms. The highest BCUT2D eigenvalue weighted by molar-refractivity contribution is 6.16. The van der Waals surface area contributed by atoms with Crippen LogP contribution in [-0.2, 0) is 0 Å². The van der Waals surface area contributed by atoms with Gasteiger partial charge in [-0.05, 0) is 18.2 Å². The number of furan rings is 1. The van der Waals surface area contributed by atoms with Crippen molar-refractivity contribution >= 4 is 33.9 Å². The van der Waals surface area contributed by atoms with Gasteiger partial charge >= 0.3 is 11.9 Å². The van der Waals surface area contributed by atoms with Crippen LogP contribution in [0.15, 0.2) is 40.8 Å². The molecule has 2 aromatic carbocycles. The van der Waals surface area contributed by atoms with E-state index in [-0.39, 0.29) is 16.7 Å². The van der Waals surface area contributed by atoms with Gasteiger partial charge in [0.2, 0.25) is 0 Å². The summed E-state index contributed by atoms with van der Waals surface area (Å²) >= 11 is 0. The number of benzene rings is 2. The van der Waals surface area contributed by atoms with Crippen LogP contribution < -0.4 is 0 Å². The average molecular weight is 256 g/mol. The molecule has 0 aliphatic carbocycles. The fourth-order valence-corrected chi connectivity index (χ4v) is 2.15. The highest BCUT2D eigenvalue weighted by atomic mass is 16.4. The third-order valence-electron chi connectivity index (χ3n) is 2.96. The van der Waals surface area contributed by atoms with Crippen molar-refractivity contribution in [1.29, 1.82) is 0 Å². The van der Waals surface area contributed by atoms with Crippen molar-refractivity contribution in [2.24, 2.45) is 0 Å². The number of carbonyl (C=O) groups is 2. The number of rotatable bonds is 2. The van der Waals surface area contributed by atoms with Crippen LogP contribution in [0.25, 0.3) is 21.9 Å². The van der Waals surface area contributed by atoms with Crippen LogP contribution in [0.5, 0.6) is 0 Å². The van der Waals surface area contributed by atoms with E-state index in [9.17, 15) is 14.7 Å². The van der Waals surface area contributed by atoms with Crippen molar-refractivity contribution in [2.75, 3.05) is 0 Å². The van der Waals surface area contributed by atoms with E-state index in [1.807, 2.05) is 0 Å². The minimum absolute atomic E-state index is 0.0696. The first-order valence-electron chi connectivity index (χ1n) is 5.50. The van der Waals surface area contributed by atoms with Crippen LogP contribution in [0.2, 0.25) is 0 Å². The van der Waals surface area contributed by atoms with Crippen molar-refractivity contribution < 1.29 is 24.2 Å². The van der Waals surface area contributed by atoms with E-state index in [4.69, 9.17) is 9.52 Å². The predicted octanol–water partition coefficient (Wildman–Crippen LogP) is 2.98. The smallest absolute Gasteiger partial charge is 0.336 e. The van der Waals surface area contributed by atoms with Crippen LogP contribution >= 0.6 is 0 Å². The lowest BCUT2D eigenvalue weighted by atomic mass is 10.0. The quantitative estimate of drug-likeness (QED) is 0.735. The molecule has 2 N–H and O–H groups in total. The summed E-state index contributed by atoms with van der Waals surface area (Å²) in [6, 6.07) is 9.48. The maximum atomic E-state index is 11.3. The summed E-state index contributed by atoms with van der Waals surface area (Å²) in [6.45, 7) is 0. The molecule has 0 radical (unpaired) electrons. The molecule has 0 aliphatic rings. The van der Waals surface area contributed by atoms with E-state index in [2.05, 4.69) is 0 Å². The standard InChI is InChI=1S/C14H8O5/c15-13(16)7-5-9(14(17)18)12-8-3-1-2-4-10(8)19-11(12)6-7/h1-6H,(H,15,16)(H,17,18). The Morgan fingerprint density at radius 3 is 2.37 bits per heavy atom. The topological polar surface area (TPSA) is 87.7 Å². The number of fused-ring (bicyclic) bond motifs is 3. The number of carboxylic acid groups (broad SMARTS) is 2. The summed E-state index contributed by atoms with van der Waals surface area (Å²) < 4.78 is 5.51. The summed E-state index contributed by atoms with van der Waals surface area (Å²) in [4.78, 5) is 22.3. The Hall–Kier alpha value is -2.82. The monoisotopic (exact) mass is 256 g/mol. The van der Waals surface area contributed by atoms with Crippen LogP contribution in [0, 0.1) is 0 Å². The van der Waals surface area contributed by atoms with Gasteiger partial charge in [-0.15, -0.1) is 0 Å². The molecule has 0 saturated carbocycles. The zero-order chi connectivity index (χ0) is 13.6. The summed E-state index contributed by atoms with van der Waals surface area (Å²) in [5, 5.41) is 19.3. The van der Waals surface area contributed by atoms with Crippen LogP contribution in [0.4, 0.5) is 0 Å². The number of hydrogen-bond donors (Lipinski definition) is 2. The Labute approximate surface area is 106 Å². The van der Waals surface area contributed by atoms with Gasteiger partial charge in [0, 0.05) is 10.8 Å². The second-order valence-electron chi connectivity index (χ2n) is 4.11. The fourth-order valence-electron chi connectivity index (χ4n) is 2.15. The largest absolute Gasteiger partial charge is 0.478 e. The average Bonchev–Trinajstić information content (AvgIpc) is 2.75. The molecule has 0 saturated heterocycles. The summed E-state index contributed by atoms with van der Waals surface area (Å²) in [5.74, 6) is -2.37. The first-order valence-corrected chi connectivity index (χ1v) is 5.50. The van der Waals surface area contributed by atoms with Crippen molar-refractivity contribution in [3.63, 3.8) is 0 Å². The molecular formula is C14H8O5. The van der Waals surface area contributed by atoms with E-state index in [0.29, 0.717) is 16.4 Å². The van der Waals surface area contributed by atoms with Crippen molar-refractivity contribution in [1.82, 2.24) is 0 Å². The normalized spacial score (nSPS) is 10.9. The van der Waals surface area contributed by atoms with Gasteiger partial charge in [-0.1, -0.05) is 18.2 Å². The van der Waals surface area contributed by atoms with Gasteiger partial charge in [-0.3, -0.25) is 0 Å². The summed E-state index contributed by atoms with van der Waals surface area (Å²) in [5.41, 5.74) is 0.616. The molecule has 0 unspecified atom stereocenters. The van der Waals surface area contributed by atoms with E-state index < -0.39 is 11.9 Å². The van der Waals surface area contributed by atoms with Gasteiger partial charge in [0.25, 0.3) is 0 Å². The zero-order valence-corrected chi connectivity index (χ0v) is 9.58. The molecule has 0 aliphatic heterocycles. The molecule has 5 nitrogen and oxygen atoms in total. The number of aromatic carboxylic acids is 2. The van der Waals surface area contributed by atoms with Crippen LogP contribution in [0.1, 0.15) is 20.7 Å². The maximum absolute atomic E-state index is 11.3. The molecule has 0 atom stereocenters. The Morgan fingerprint density at radius 1 is 0.947 bits per heavy atom. The molecular weight excluding hydrogens is 248 g/mol. The van der Waals surface area contributed by atoms with E-state index in [0.717, 1.165) is 6.07 Å². The van der Waals surface area contributed by atoms with Gasteiger partial charge in [0.15, 0.2) is 0 Å². The fraction of sp³-hybridized carbons (Fsp3) is 0. The molecule has 5 heteroatoms. The lowest BCUT2D eigenvalue weighted by Gasteiger charge is -2.00. The van der Waals surface area contributed by atoms with Gasteiger partial charge in [0.1, 0.15) is 11.2 Å². The van der Waals surface area contributed by atoms with Crippen LogP contribution in [0.3, 0.4) is 0 Å². The second-order valence-corrected chi connectivity index (χ2v) is 4.11. The van der Waals surface area contributed by atoms with E-state index >= 15 is 0 Å². The SMILES string of the molecule is O=C(O)c1cc(C(=O)O)c2c(c1)oc1ccccc12. The first-order chi connectivity index (χ1) is 9.08. The summed E-state index contributed by atoms with van der Waals surface area (Å²) in [6.07, 6.45) is 0. The molecule has 1 heterocycles. The molecule has 0 spiro atoms. The van der Waals surface area contributed by atoms with Gasteiger partial charge in [0.05, 0.1) is 11.1 Å². The van der Waals surface area contributed by atoms with E-state index in [1.54, 1.807) is 24.3 Å². The lowest BCUT2D eigenvalue weighted by Crippen LogP contribution is -2.02. The third-order valence-corrected chi connectivity index (χ3v) is 2.96. The molecule has 0 fully saturated rings.